The molecule has 0 aromatic carbocycles. The summed E-state index contributed by atoms with van der Waals surface area (Å²) < 4.78 is 0. The molecule has 0 radical (unpaired) electrons. The van der Waals surface area contributed by atoms with Gasteiger partial charge in [-0.1, -0.05) is 20.3 Å². The van der Waals surface area contributed by atoms with Crippen LogP contribution in [-0.4, -0.2) is 49.7 Å². The monoisotopic (exact) mass is 310 g/mol. The minimum absolute atomic E-state index is 0.647. The molecule has 120 valence electrons. The van der Waals surface area contributed by atoms with Crippen LogP contribution >= 0.6 is 11.3 Å². The van der Waals surface area contributed by atoms with Crippen LogP contribution in [0, 0.1) is 0 Å². The van der Waals surface area contributed by atoms with Gasteiger partial charge in [-0.25, -0.2) is 4.98 Å². The van der Waals surface area contributed by atoms with Gasteiger partial charge in [0.05, 0.1) is 5.69 Å². The van der Waals surface area contributed by atoms with Crippen molar-refractivity contribution < 1.29 is 0 Å². The first-order valence-corrected chi connectivity index (χ1v) is 9.08. The predicted molar refractivity (Wildman–Crippen MR) is 92.4 cm³/mol. The summed E-state index contributed by atoms with van der Waals surface area (Å²) in [6.07, 6.45) is 4.76. The van der Waals surface area contributed by atoms with E-state index >= 15 is 0 Å². The van der Waals surface area contributed by atoms with Gasteiger partial charge in [0.15, 0.2) is 5.13 Å². The molecule has 1 saturated heterocycles. The SMILES string of the molecule is CCCc1nc(N(C)C2CCN(C)CC2)sc1CNCC. The van der Waals surface area contributed by atoms with Crippen LogP contribution in [0.2, 0.25) is 0 Å². The lowest BCUT2D eigenvalue weighted by Crippen LogP contribution is -2.41. The Morgan fingerprint density at radius 2 is 2.05 bits per heavy atom. The van der Waals surface area contributed by atoms with E-state index in [1.165, 1.54) is 48.1 Å². The second-order valence-corrected chi connectivity index (χ2v) is 7.10. The molecule has 0 saturated carbocycles. The molecule has 5 heteroatoms. The van der Waals surface area contributed by atoms with Gasteiger partial charge in [-0.2, -0.15) is 0 Å². The van der Waals surface area contributed by atoms with E-state index < -0.39 is 0 Å². The molecule has 0 bridgehead atoms. The molecule has 2 heterocycles. The molecule has 1 aromatic heterocycles. The highest BCUT2D eigenvalue weighted by molar-refractivity contribution is 7.15. The van der Waals surface area contributed by atoms with E-state index in [0.29, 0.717) is 6.04 Å². The molecule has 0 atom stereocenters. The van der Waals surface area contributed by atoms with Crippen LogP contribution in [0.5, 0.6) is 0 Å². The number of likely N-dealkylation sites (tertiary alicyclic amines) is 1. The number of rotatable bonds is 7. The van der Waals surface area contributed by atoms with E-state index in [-0.39, 0.29) is 0 Å². The fourth-order valence-electron chi connectivity index (χ4n) is 2.87. The molecule has 0 unspecified atom stereocenters. The summed E-state index contributed by atoms with van der Waals surface area (Å²) in [4.78, 5) is 11.2. The zero-order chi connectivity index (χ0) is 15.2. The van der Waals surface area contributed by atoms with Crippen LogP contribution < -0.4 is 10.2 Å². The van der Waals surface area contributed by atoms with E-state index in [2.05, 4.69) is 43.1 Å². The first-order valence-electron chi connectivity index (χ1n) is 8.26. The number of hydrogen-bond donors (Lipinski definition) is 1. The van der Waals surface area contributed by atoms with Crippen molar-refractivity contribution in [1.82, 2.24) is 15.2 Å². The minimum Gasteiger partial charge on any atom is -0.348 e. The van der Waals surface area contributed by atoms with Crippen molar-refractivity contribution in [3.8, 4) is 0 Å². The Labute approximate surface area is 133 Å². The van der Waals surface area contributed by atoms with Gasteiger partial charge in [-0.05, 0) is 45.9 Å². The maximum absolute atomic E-state index is 4.94. The number of nitrogens with zero attached hydrogens (tertiary/aromatic N) is 3. The van der Waals surface area contributed by atoms with Crippen molar-refractivity contribution in [3.05, 3.63) is 10.6 Å². The summed E-state index contributed by atoms with van der Waals surface area (Å²) in [5.41, 5.74) is 1.30. The third kappa shape index (κ3) is 4.41. The first kappa shape index (κ1) is 16.7. The summed E-state index contributed by atoms with van der Waals surface area (Å²) in [5.74, 6) is 0. The zero-order valence-electron chi connectivity index (χ0n) is 14.0. The van der Waals surface area contributed by atoms with Crippen molar-refractivity contribution in [2.24, 2.45) is 0 Å². The standard InChI is InChI=1S/C16H30N4S/c1-5-7-14-15(12-17-6-2)21-16(18-14)20(4)13-8-10-19(3)11-9-13/h13,17H,5-12H2,1-4H3. The van der Waals surface area contributed by atoms with E-state index in [1.54, 1.807) is 0 Å². The molecule has 1 aliphatic heterocycles. The van der Waals surface area contributed by atoms with E-state index in [1.807, 2.05) is 11.3 Å². The number of aromatic nitrogens is 1. The lowest BCUT2D eigenvalue weighted by molar-refractivity contribution is 0.253. The number of aryl methyl sites for hydroxylation is 1. The Kier molecular flexibility index (Phi) is 6.45. The second-order valence-electron chi connectivity index (χ2n) is 6.04. The molecule has 1 N–H and O–H groups in total. The average Bonchev–Trinajstić information content (AvgIpc) is 2.88. The summed E-state index contributed by atoms with van der Waals surface area (Å²) in [6, 6.07) is 0.647. The summed E-state index contributed by atoms with van der Waals surface area (Å²) in [7, 11) is 4.44. The molecule has 2 rings (SSSR count). The molecular weight excluding hydrogens is 280 g/mol. The van der Waals surface area contributed by atoms with Gasteiger partial charge < -0.3 is 15.1 Å². The minimum atomic E-state index is 0.647. The van der Waals surface area contributed by atoms with Gasteiger partial charge >= 0.3 is 0 Å². The topological polar surface area (TPSA) is 31.4 Å². The van der Waals surface area contributed by atoms with Crippen LogP contribution in [0.1, 0.15) is 43.7 Å². The molecule has 21 heavy (non-hydrogen) atoms. The van der Waals surface area contributed by atoms with Crippen molar-refractivity contribution in [2.45, 2.75) is 52.1 Å². The molecule has 1 aliphatic rings. The normalized spacial score (nSPS) is 17.3. The Hall–Kier alpha value is -0.650. The lowest BCUT2D eigenvalue weighted by atomic mass is 10.0. The Bertz CT molecular complexity index is 424. The maximum atomic E-state index is 4.94. The highest BCUT2D eigenvalue weighted by Crippen LogP contribution is 2.30. The molecule has 0 aliphatic carbocycles. The fraction of sp³-hybridized carbons (Fsp3) is 0.812. The van der Waals surface area contributed by atoms with Crippen LogP contribution in [-0.2, 0) is 13.0 Å². The van der Waals surface area contributed by atoms with Crippen LogP contribution in [0.25, 0.3) is 0 Å². The van der Waals surface area contributed by atoms with Crippen molar-refractivity contribution in [3.63, 3.8) is 0 Å². The van der Waals surface area contributed by atoms with Crippen molar-refractivity contribution in [2.75, 3.05) is 38.6 Å². The number of anilines is 1. The van der Waals surface area contributed by atoms with Gasteiger partial charge in [-0.15, -0.1) is 11.3 Å². The number of thiazole rings is 1. The van der Waals surface area contributed by atoms with E-state index in [4.69, 9.17) is 4.98 Å². The molecule has 1 fully saturated rings. The molecule has 0 amide bonds. The fourth-order valence-corrected chi connectivity index (χ4v) is 3.98. The van der Waals surface area contributed by atoms with Gasteiger partial charge in [-0.3, -0.25) is 0 Å². The summed E-state index contributed by atoms with van der Waals surface area (Å²) in [5, 5.41) is 4.66. The number of nitrogens with one attached hydrogen (secondary N) is 1. The Balaban J connectivity index is 2.07. The number of piperidine rings is 1. The Morgan fingerprint density at radius 3 is 2.67 bits per heavy atom. The smallest absolute Gasteiger partial charge is 0.185 e. The molecular formula is C16H30N4S. The number of hydrogen-bond acceptors (Lipinski definition) is 5. The highest BCUT2D eigenvalue weighted by atomic mass is 32.1. The summed E-state index contributed by atoms with van der Waals surface area (Å²) >= 11 is 1.88. The Morgan fingerprint density at radius 1 is 1.33 bits per heavy atom. The molecule has 4 nitrogen and oxygen atoms in total. The molecule has 0 spiro atoms. The van der Waals surface area contributed by atoms with Gasteiger partial charge in [0.25, 0.3) is 0 Å². The lowest BCUT2D eigenvalue weighted by Gasteiger charge is -2.34. The van der Waals surface area contributed by atoms with Crippen molar-refractivity contribution >= 4 is 16.5 Å². The first-order chi connectivity index (χ1) is 10.2. The van der Waals surface area contributed by atoms with Crippen LogP contribution in [0.15, 0.2) is 0 Å². The second kappa shape index (κ2) is 8.11. The summed E-state index contributed by atoms with van der Waals surface area (Å²) in [6.45, 7) is 8.77. The van der Waals surface area contributed by atoms with Crippen LogP contribution in [0.3, 0.4) is 0 Å². The average molecular weight is 311 g/mol. The van der Waals surface area contributed by atoms with Gasteiger partial charge in [0, 0.05) is 24.5 Å². The van der Waals surface area contributed by atoms with Gasteiger partial charge in [0.1, 0.15) is 0 Å². The third-order valence-corrected chi connectivity index (χ3v) is 5.52. The maximum Gasteiger partial charge on any atom is 0.185 e. The van der Waals surface area contributed by atoms with E-state index in [9.17, 15) is 0 Å². The third-order valence-electron chi connectivity index (χ3n) is 4.33. The highest BCUT2D eigenvalue weighted by Gasteiger charge is 2.23. The van der Waals surface area contributed by atoms with Gasteiger partial charge in [0.2, 0.25) is 0 Å². The van der Waals surface area contributed by atoms with Crippen molar-refractivity contribution in [1.29, 1.82) is 0 Å². The largest absolute Gasteiger partial charge is 0.348 e. The van der Waals surface area contributed by atoms with E-state index in [0.717, 1.165) is 19.5 Å². The quantitative estimate of drug-likeness (QED) is 0.839. The predicted octanol–water partition coefficient (Wildman–Crippen LogP) is 2.74. The van der Waals surface area contributed by atoms with Crippen LogP contribution in [0.4, 0.5) is 5.13 Å². The zero-order valence-corrected chi connectivity index (χ0v) is 14.8. The molecule has 1 aromatic rings.